The summed E-state index contributed by atoms with van der Waals surface area (Å²) in [6.07, 6.45) is 9.16. The fourth-order valence-electron chi connectivity index (χ4n) is 5.96. The third-order valence-electron chi connectivity index (χ3n) is 8.36. The normalized spacial score (nSPS) is 16.6. The van der Waals surface area contributed by atoms with Gasteiger partial charge in [-0.15, -0.1) is 0 Å². The molecule has 6 rings (SSSR count). The number of amides is 1. The van der Waals surface area contributed by atoms with Crippen LogP contribution in [0.5, 0.6) is 5.75 Å². The Morgan fingerprint density at radius 2 is 1.65 bits per heavy atom. The average Bonchev–Trinajstić information content (AvgIpc) is 3.46. The van der Waals surface area contributed by atoms with E-state index in [-0.39, 0.29) is 11.7 Å². The van der Waals surface area contributed by atoms with Crippen LogP contribution < -0.4 is 10.1 Å². The number of alkyl halides is 2. The molecule has 9 nitrogen and oxygen atoms in total. The zero-order valence-corrected chi connectivity index (χ0v) is 24.4. The molecule has 0 unspecified atom stereocenters. The minimum atomic E-state index is -2.87. The van der Waals surface area contributed by atoms with Crippen LogP contribution in [0.25, 0.3) is 16.9 Å². The summed E-state index contributed by atoms with van der Waals surface area (Å²) in [6, 6.07) is 12.2. The van der Waals surface area contributed by atoms with Crippen LogP contribution in [0.3, 0.4) is 0 Å². The predicted octanol–water partition coefficient (Wildman–Crippen LogP) is 5.29. The molecule has 2 aromatic heterocycles. The van der Waals surface area contributed by atoms with Crippen LogP contribution in [0.1, 0.15) is 35.2 Å². The molecule has 1 N–H and O–H groups in total. The average molecular weight is 590 g/mol. The number of hydrogen-bond acceptors (Lipinski definition) is 7. The number of ether oxygens (including phenoxy) is 1. The summed E-state index contributed by atoms with van der Waals surface area (Å²) in [5.41, 5.74) is 4.60. The zero-order chi connectivity index (χ0) is 29.8. The molecule has 0 spiro atoms. The van der Waals surface area contributed by atoms with Crippen molar-refractivity contribution in [3.8, 4) is 17.0 Å². The molecule has 226 valence electrons. The first-order valence-electron chi connectivity index (χ1n) is 14.9. The van der Waals surface area contributed by atoms with E-state index in [9.17, 15) is 13.6 Å². The molecular formula is C32H37F2N7O2. The molecule has 11 heteroatoms. The first kappa shape index (κ1) is 29.0. The van der Waals surface area contributed by atoms with Crippen molar-refractivity contribution in [3.63, 3.8) is 0 Å². The van der Waals surface area contributed by atoms with E-state index in [1.54, 1.807) is 30.7 Å². The third kappa shape index (κ3) is 6.78. The van der Waals surface area contributed by atoms with Gasteiger partial charge in [0.2, 0.25) is 0 Å². The molecule has 0 bridgehead atoms. The van der Waals surface area contributed by atoms with Gasteiger partial charge in [-0.1, -0.05) is 6.42 Å². The standard InChI is InChI=1S/C32H37F2N7O2/c1-23-21-25(7-10-27(23)31(42)40-19-17-39(18-20-40)16-15-38-12-3-2-4-13-38)37-29-30-36-22-28(41(30)14-11-35-29)24-5-8-26(9-6-24)43-32(33)34/h5-11,14,21-22,32H,2-4,12-13,15-20H2,1H3,(H,35,37). The zero-order valence-electron chi connectivity index (χ0n) is 24.4. The largest absolute Gasteiger partial charge is 0.435 e. The van der Waals surface area contributed by atoms with Crippen LogP contribution in [0.15, 0.2) is 61.1 Å². The number of halogens is 2. The number of benzene rings is 2. The van der Waals surface area contributed by atoms with Crippen LogP contribution in [-0.2, 0) is 0 Å². The highest BCUT2D eigenvalue weighted by Crippen LogP contribution is 2.28. The van der Waals surface area contributed by atoms with Crippen LogP contribution in [0, 0.1) is 6.92 Å². The van der Waals surface area contributed by atoms with Crippen molar-refractivity contribution in [1.29, 1.82) is 0 Å². The molecule has 1 amide bonds. The fourth-order valence-corrected chi connectivity index (χ4v) is 5.96. The summed E-state index contributed by atoms with van der Waals surface area (Å²) in [5.74, 6) is 0.729. The second-order valence-electron chi connectivity index (χ2n) is 11.2. The Morgan fingerprint density at radius 1 is 0.930 bits per heavy atom. The number of fused-ring (bicyclic) bond motifs is 1. The van der Waals surface area contributed by atoms with E-state index in [0.717, 1.165) is 61.8 Å². The molecule has 2 fully saturated rings. The van der Waals surface area contributed by atoms with Crippen LogP contribution in [0.4, 0.5) is 20.3 Å². The lowest BCUT2D eigenvalue weighted by Gasteiger charge is -2.36. The monoisotopic (exact) mass is 589 g/mol. The lowest BCUT2D eigenvalue weighted by Crippen LogP contribution is -2.50. The SMILES string of the molecule is Cc1cc(Nc2nccn3c(-c4ccc(OC(F)F)cc4)cnc23)ccc1C(=O)N1CCN(CCN2CCCCC2)CC1. The van der Waals surface area contributed by atoms with Gasteiger partial charge in [0.15, 0.2) is 11.5 Å². The van der Waals surface area contributed by atoms with Gasteiger partial charge in [-0.05, 0) is 80.9 Å². The van der Waals surface area contributed by atoms with E-state index in [1.165, 1.54) is 44.5 Å². The number of nitrogens with one attached hydrogen (secondary N) is 1. The second kappa shape index (κ2) is 13.0. The molecule has 4 aromatic rings. The Labute approximate surface area is 250 Å². The third-order valence-corrected chi connectivity index (χ3v) is 8.36. The summed E-state index contributed by atoms with van der Waals surface area (Å²) in [4.78, 5) is 29.4. The number of carbonyl (C=O) groups excluding carboxylic acids is 1. The van der Waals surface area contributed by atoms with E-state index in [1.807, 2.05) is 34.4 Å². The van der Waals surface area contributed by atoms with Crippen LogP contribution in [0.2, 0.25) is 0 Å². The van der Waals surface area contributed by atoms with Crippen molar-refractivity contribution in [1.82, 2.24) is 29.1 Å². The number of imidazole rings is 1. The Hall–Kier alpha value is -4.09. The number of nitrogens with zero attached hydrogens (tertiary/aromatic N) is 6. The van der Waals surface area contributed by atoms with Crippen LogP contribution >= 0.6 is 0 Å². The maximum Gasteiger partial charge on any atom is 0.387 e. The Kier molecular flexibility index (Phi) is 8.80. The Balaban J connectivity index is 1.09. The van der Waals surface area contributed by atoms with E-state index in [0.29, 0.717) is 17.0 Å². The van der Waals surface area contributed by atoms with Crippen molar-refractivity contribution in [2.24, 2.45) is 0 Å². The minimum absolute atomic E-state index is 0.0721. The highest BCUT2D eigenvalue weighted by Gasteiger charge is 2.24. The van der Waals surface area contributed by atoms with Gasteiger partial charge < -0.3 is 19.9 Å². The van der Waals surface area contributed by atoms with Gasteiger partial charge >= 0.3 is 6.61 Å². The Bertz CT molecular complexity index is 1550. The van der Waals surface area contributed by atoms with Crippen LogP contribution in [-0.4, -0.2) is 93.9 Å². The summed E-state index contributed by atoms with van der Waals surface area (Å²) < 4.78 is 31.4. The molecule has 4 heterocycles. The molecule has 0 saturated carbocycles. The van der Waals surface area contributed by atoms with Gasteiger partial charge in [-0.3, -0.25) is 14.1 Å². The lowest BCUT2D eigenvalue weighted by molar-refractivity contribution is -0.0498. The number of carbonyl (C=O) groups is 1. The number of hydrogen-bond donors (Lipinski definition) is 1. The first-order chi connectivity index (χ1) is 20.9. The van der Waals surface area contributed by atoms with Gasteiger partial charge in [0.1, 0.15) is 5.75 Å². The molecule has 0 aliphatic carbocycles. The quantitative estimate of drug-likeness (QED) is 0.284. The molecule has 2 aliphatic rings. The summed E-state index contributed by atoms with van der Waals surface area (Å²) in [6.45, 7) is 7.02. The lowest BCUT2D eigenvalue weighted by atomic mass is 10.1. The maximum absolute atomic E-state index is 13.4. The van der Waals surface area contributed by atoms with Gasteiger partial charge in [-0.25, -0.2) is 9.97 Å². The molecule has 0 radical (unpaired) electrons. The topological polar surface area (TPSA) is 78.2 Å². The smallest absolute Gasteiger partial charge is 0.387 e. The molecule has 2 aliphatic heterocycles. The van der Waals surface area contributed by atoms with Crippen molar-refractivity contribution in [2.75, 3.05) is 57.7 Å². The molecule has 2 aromatic carbocycles. The molecule has 0 atom stereocenters. The maximum atomic E-state index is 13.4. The first-order valence-corrected chi connectivity index (χ1v) is 14.9. The predicted molar refractivity (Wildman–Crippen MR) is 162 cm³/mol. The number of piperazine rings is 1. The van der Waals surface area contributed by atoms with E-state index >= 15 is 0 Å². The van der Waals surface area contributed by atoms with Gasteiger partial charge in [0, 0.05) is 68.5 Å². The van der Waals surface area contributed by atoms with Gasteiger partial charge in [0.25, 0.3) is 5.91 Å². The van der Waals surface area contributed by atoms with Gasteiger partial charge in [-0.2, -0.15) is 8.78 Å². The van der Waals surface area contributed by atoms with Crippen molar-refractivity contribution >= 4 is 23.1 Å². The van der Waals surface area contributed by atoms with E-state index in [4.69, 9.17) is 0 Å². The number of likely N-dealkylation sites (tertiary alicyclic amines) is 1. The van der Waals surface area contributed by atoms with Crippen molar-refractivity contribution < 1.29 is 18.3 Å². The summed E-state index contributed by atoms with van der Waals surface area (Å²) in [5, 5.41) is 3.34. The number of aryl methyl sites for hydroxylation is 1. The Morgan fingerprint density at radius 3 is 2.35 bits per heavy atom. The van der Waals surface area contributed by atoms with Gasteiger partial charge in [0.05, 0.1) is 11.9 Å². The highest BCUT2D eigenvalue weighted by atomic mass is 19.3. The van der Waals surface area contributed by atoms with E-state index < -0.39 is 6.61 Å². The fraction of sp³-hybridized carbons (Fsp3) is 0.406. The summed E-state index contributed by atoms with van der Waals surface area (Å²) >= 11 is 0. The second-order valence-corrected chi connectivity index (χ2v) is 11.2. The molecular weight excluding hydrogens is 552 g/mol. The minimum Gasteiger partial charge on any atom is -0.435 e. The molecule has 2 saturated heterocycles. The van der Waals surface area contributed by atoms with Crippen molar-refractivity contribution in [2.45, 2.75) is 32.8 Å². The highest BCUT2D eigenvalue weighted by molar-refractivity contribution is 5.96. The number of rotatable bonds is 9. The van der Waals surface area contributed by atoms with Crippen molar-refractivity contribution in [3.05, 3.63) is 72.2 Å². The molecule has 43 heavy (non-hydrogen) atoms. The summed E-state index contributed by atoms with van der Waals surface area (Å²) in [7, 11) is 0. The number of piperidine rings is 1. The van der Waals surface area contributed by atoms with E-state index in [2.05, 4.69) is 29.8 Å². The number of aromatic nitrogens is 3. The number of anilines is 2.